The van der Waals surface area contributed by atoms with Gasteiger partial charge in [0.1, 0.15) is 0 Å². The van der Waals surface area contributed by atoms with Crippen molar-refractivity contribution in [1.82, 2.24) is 10.2 Å². The number of piperidine rings is 1. The Hall–Kier alpha value is -0.860. The Kier molecular flexibility index (Phi) is 5.62. The molecule has 0 saturated carbocycles. The summed E-state index contributed by atoms with van der Waals surface area (Å²) in [6.45, 7) is 13.7. The maximum Gasteiger partial charge on any atom is 0.0233 e. The summed E-state index contributed by atoms with van der Waals surface area (Å²) >= 11 is 0. The third-order valence-corrected chi connectivity index (χ3v) is 4.21. The van der Waals surface area contributed by atoms with Gasteiger partial charge in [0, 0.05) is 12.6 Å². The summed E-state index contributed by atoms with van der Waals surface area (Å²) < 4.78 is 0. The van der Waals surface area contributed by atoms with Crippen molar-refractivity contribution in [2.24, 2.45) is 5.92 Å². The van der Waals surface area contributed by atoms with Crippen LogP contribution in [0.2, 0.25) is 0 Å². The number of aryl methyl sites for hydroxylation is 2. The van der Waals surface area contributed by atoms with E-state index in [1.807, 2.05) is 0 Å². The molecule has 2 rings (SSSR count). The molecule has 1 aliphatic heterocycles. The lowest BCUT2D eigenvalue weighted by atomic mass is 9.96. The van der Waals surface area contributed by atoms with Gasteiger partial charge in [0.25, 0.3) is 0 Å². The van der Waals surface area contributed by atoms with Crippen molar-refractivity contribution in [3.05, 3.63) is 34.9 Å². The molecule has 0 amide bonds. The van der Waals surface area contributed by atoms with E-state index in [0.717, 1.165) is 12.5 Å². The van der Waals surface area contributed by atoms with Gasteiger partial charge in [-0.2, -0.15) is 0 Å². The number of nitrogens with one attached hydrogen (secondary N) is 1. The number of hydrogen-bond acceptors (Lipinski definition) is 2. The van der Waals surface area contributed by atoms with E-state index in [0.29, 0.717) is 6.04 Å². The Morgan fingerprint density at radius 2 is 1.70 bits per heavy atom. The normalized spacial score (nSPS) is 17.9. The Bertz CT molecular complexity index is 397. The van der Waals surface area contributed by atoms with Gasteiger partial charge in [-0.25, -0.2) is 0 Å². The highest BCUT2D eigenvalue weighted by Crippen LogP contribution is 2.19. The number of benzene rings is 1. The molecule has 0 aromatic heterocycles. The monoisotopic (exact) mass is 274 g/mol. The van der Waals surface area contributed by atoms with Crippen LogP contribution in [0.25, 0.3) is 0 Å². The third kappa shape index (κ3) is 4.92. The van der Waals surface area contributed by atoms with Crippen molar-refractivity contribution in [2.45, 2.75) is 53.1 Å². The smallest absolute Gasteiger partial charge is 0.0233 e. The molecule has 0 radical (unpaired) electrons. The van der Waals surface area contributed by atoms with Gasteiger partial charge in [0.05, 0.1) is 0 Å². The lowest BCUT2D eigenvalue weighted by molar-refractivity contribution is 0.174. The fourth-order valence-electron chi connectivity index (χ4n) is 3.17. The summed E-state index contributed by atoms with van der Waals surface area (Å²) in [5, 5.41) is 3.58. The lowest BCUT2D eigenvalue weighted by Gasteiger charge is -2.32. The zero-order valence-corrected chi connectivity index (χ0v) is 13.6. The van der Waals surface area contributed by atoms with Gasteiger partial charge < -0.3 is 5.32 Å². The predicted molar refractivity (Wildman–Crippen MR) is 87.1 cm³/mol. The van der Waals surface area contributed by atoms with Crippen LogP contribution in [-0.4, -0.2) is 30.6 Å². The van der Waals surface area contributed by atoms with E-state index >= 15 is 0 Å². The highest BCUT2D eigenvalue weighted by molar-refractivity contribution is 5.28. The van der Waals surface area contributed by atoms with E-state index in [9.17, 15) is 0 Å². The predicted octanol–water partition coefficient (Wildman–Crippen LogP) is 3.51. The maximum atomic E-state index is 3.58. The second kappa shape index (κ2) is 7.24. The molecule has 0 bridgehead atoms. The van der Waals surface area contributed by atoms with Gasteiger partial charge in [-0.05, 0) is 57.8 Å². The van der Waals surface area contributed by atoms with Gasteiger partial charge in [0.2, 0.25) is 0 Å². The highest BCUT2D eigenvalue weighted by Gasteiger charge is 2.19. The second-order valence-electron chi connectivity index (χ2n) is 6.78. The molecule has 0 unspecified atom stereocenters. The summed E-state index contributed by atoms with van der Waals surface area (Å²) in [6.07, 6.45) is 2.68. The molecule has 2 heteroatoms. The minimum atomic E-state index is 0.614. The van der Waals surface area contributed by atoms with Crippen LogP contribution in [0.1, 0.15) is 43.4 Å². The van der Waals surface area contributed by atoms with Crippen LogP contribution in [0.3, 0.4) is 0 Å². The number of nitrogens with zero attached hydrogens (tertiary/aromatic N) is 1. The van der Waals surface area contributed by atoms with Crippen molar-refractivity contribution in [1.29, 1.82) is 0 Å². The molecule has 1 aromatic rings. The minimum absolute atomic E-state index is 0.614. The summed E-state index contributed by atoms with van der Waals surface area (Å²) in [5.41, 5.74) is 4.24. The molecule has 2 nitrogen and oxygen atoms in total. The van der Waals surface area contributed by atoms with Crippen molar-refractivity contribution in [3.8, 4) is 0 Å². The highest BCUT2D eigenvalue weighted by atomic mass is 15.1. The molecule has 1 fully saturated rings. The molecule has 0 atom stereocenters. The van der Waals surface area contributed by atoms with E-state index < -0.39 is 0 Å². The van der Waals surface area contributed by atoms with Gasteiger partial charge in [-0.15, -0.1) is 0 Å². The standard InChI is InChI=1S/C18H30N2/c1-14(2)19-12-17-5-7-20(8-6-17)13-18-10-15(3)9-16(4)11-18/h9-11,14,17,19H,5-8,12-13H2,1-4H3. The van der Waals surface area contributed by atoms with Crippen LogP contribution in [-0.2, 0) is 6.54 Å². The zero-order valence-electron chi connectivity index (χ0n) is 13.6. The molecular weight excluding hydrogens is 244 g/mol. The quantitative estimate of drug-likeness (QED) is 0.884. The van der Waals surface area contributed by atoms with Gasteiger partial charge >= 0.3 is 0 Å². The van der Waals surface area contributed by atoms with Gasteiger partial charge in [-0.1, -0.05) is 43.2 Å². The largest absolute Gasteiger partial charge is 0.314 e. The van der Waals surface area contributed by atoms with E-state index in [1.54, 1.807) is 0 Å². The Balaban J connectivity index is 1.79. The average Bonchev–Trinajstić information content (AvgIpc) is 2.36. The van der Waals surface area contributed by atoms with Crippen molar-refractivity contribution >= 4 is 0 Å². The summed E-state index contributed by atoms with van der Waals surface area (Å²) in [5.74, 6) is 0.868. The van der Waals surface area contributed by atoms with E-state index in [2.05, 4.69) is 56.1 Å². The van der Waals surface area contributed by atoms with E-state index in [4.69, 9.17) is 0 Å². The first kappa shape index (κ1) is 15.5. The maximum absolute atomic E-state index is 3.58. The van der Waals surface area contributed by atoms with Crippen LogP contribution in [0, 0.1) is 19.8 Å². The summed E-state index contributed by atoms with van der Waals surface area (Å²) in [7, 11) is 0. The first-order valence-electron chi connectivity index (χ1n) is 8.06. The van der Waals surface area contributed by atoms with Crippen molar-refractivity contribution < 1.29 is 0 Å². The molecule has 112 valence electrons. The first-order chi connectivity index (χ1) is 9.52. The Morgan fingerprint density at radius 3 is 2.25 bits per heavy atom. The van der Waals surface area contributed by atoms with Crippen LogP contribution >= 0.6 is 0 Å². The topological polar surface area (TPSA) is 15.3 Å². The van der Waals surface area contributed by atoms with Crippen LogP contribution in [0.15, 0.2) is 18.2 Å². The number of rotatable bonds is 5. The third-order valence-electron chi connectivity index (χ3n) is 4.21. The SMILES string of the molecule is Cc1cc(C)cc(CN2CCC(CNC(C)C)CC2)c1. The molecule has 1 N–H and O–H groups in total. The molecular formula is C18H30N2. The summed E-state index contributed by atoms with van der Waals surface area (Å²) in [6, 6.07) is 7.54. The zero-order chi connectivity index (χ0) is 14.5. The van der Waals surface area contributed by atoms with Crippen LogP contribution in [0.4, 0.5) is 0 Å². The number of likely N-dealkylation sites (tertiary alicyclic amines) is 1. The Labute approximate surface area is 124 Å². The molecule has 1 saturated heterocycles. The van der Waals surface area contributed by atoms with E-state index in [1.165, 1.54) is 49.2 Å². The number of hydrogen-bond donors (Lipinski definition) is 1. The summed E-state index contributed by atoms with van der Waals surface area (Å²) in [4.78, 5) is 2.61. The van der Waals surface area contributed by atoms with Crippen LogP contribution < -0.4 is 5.32 Å². The molecule has 0 aliphatic carbocycles. The fourth-order valence-corrected chi connectivity index (χ4v) is 3.17. The van der Waals surface area contributed by atoms with Crippen LogP contribution in [0.5, 0.6) is 0 Å². The molecule has 1 aliphatic rings. The molecule has 0 spiro atoms. The molecule has 1 heterocycles. The second-order valence-corrected chi connectivity index (χ2v) is 6.78. The molecule has 20 heavy (non-hydrogen) atoms. The van der Waals surface area contributed by atoms with Gasteiger partial charge in [0.15, 0.2) is 0 Å². The van der Waals surface area contributed by atoms with E-state index in [-0.39, 0.29) is 0 Å². The van der Waals surface area contributed by atoms with Crippen molar-refractivity contribution in [2.75, 3.05) is 19.6 Å². The van der Waals surface area contributed by atoms with Crippen molar-refractivity contribution in [3.63, 3.8) is 0 Å². The molecule has 1 aromatic carbocycles. The first-order valence-corrected chi connectivity index (χ1v) is 8.06. The van der Waals surface area contributed by atoms with Gasteiger partial charge in [-0.3, -0.25) is 4.90 Å². The minimum Gasteiger partial charge on any atom is -0.314 e. The Morgan fingerprint density at radius 1 is 1.10 bits per heavy atom. The fraction of sp³-hybridized carbons (Fsp3) is 0.667. The lowest BCUT2D eigenvalue weighted by Crippen LogP contribution is -2.38. The average molecular weight is 274 g/mol.